The van der Waals surface area contributed by atoms with Crippen molar-refractivity contribution in [1.29, 1.82) is 0 Å². The predicted octanol–water partition coefficient (Wildman–Crippen LogP) is 4.34. The largest absolute Gasteiger partial charge is 0.461 e. The van der Waals surface area contributed by atoms with Gasteiger partial charge >= 0.3 is 5.97 Å². The summed E-state index contributed by atoms with van der Waals surface area (Å²) < 4.78 is 5.04. The molecule has 0 fully saturated rings. The van der Waals surface area contributed by atoms with Crippen molar-refractivity contribution in [3.05, 3.63) is 41.0 Å². The van der Waals surface area contributed by atoms with Gasteiger partial charge in [0.25, 0.3) is 0 Å². The molecule has 104 valence electrons. The Hall–Kier alpha value is -1.57. The summed E-state index contributed by atoms with van der Waals surface area (Å²) in [6.07, 6.45) is 2.98. The molecule has 0 heterocycles. The minimum atomic E-state index is -0.234. The molecule has 0 aliphatic rings. The van der Waals surface area contributed by atoms with E-state index in [9.17, 15) is 4.79 Å². The topological polar surface area (TPSA) is 26.3 Å². The molecule has 0 aliphatic heterocycles. The van der Waals surface area contributed by atoms with Crippen molar-refractivity contribution in [3.8, 4) is 0 Å². The van der Waals surface area contributed by atoms with Crippen LogP contribution < -0.4 is 0 Å². The first-order valence-corrected chi connectivity index (χ1v) is 6.76. The van der Waals surface area contributed by atoms with Crippen LogP contribution in [0.4, 0.5) is 0 Å². The van der Waals surface area contributed by atoms with E-state index in [1.54, 1.807) is 0 Å². The maximum absolute atomic E-state index is 10.8. The van der Waals surface area contributed by atoms with Crippen LogP contribution in [-0.2, 0) is 14.9 Å². The van der Waals surface area contributed by atoms with Crippen LogP contribution in [0.3, 0.4) is 0 Å². The maximum Gasteiger partial charge on any atom is 0.302 e. The third-order valence-electron chi connectivity index (χ3n) is 3.06. The third-order valence-corrected chi connectivity index (χ3v) is 3.06. The lowest BCUT2D eigenvalue weighted by molar-refractivity contribution is -0.139. The van der Waals surface area contributed by atoms with E-state index < -0.39 is 0 Å². The minimum absolute atomic E-state index is 0.174. The first kappa shape index (κ1) is 15.5. The molecule has 0 saturated carbocycles. The Balaban J connectivity index is 2.82. The zero-order valence-corrected chi connectivity index (χ0v) is 12.6. The number of rotatable bonds is 4. The highest BCUT2D eigenvalue weighted by Gasteiger charge is 2.12. The Bertz CT molecular complexity index is 447. The summed E-state index contributed by atoms with van der Waals surface area (Å²) in [5, 5.41) is 0. The fourth-order valence-electron chi connectivity index (χ4n) is 1.76. The summed E-state index contributed by atoms with van der Waals surface area (Å²) in [6, 6.07) is 8.55. The number of carbonyl (C=O) groups is 1. The molecule has 19 heavy (non-hydrogen) atoms. The fourth-order valence-corrected chi connectivity index (χ4v) is 1.76. The van der Waals surface area contributed by atoms with Gasteiger partial charge in [-0.2, -0.15) is 0 Å². The molecule has 0 saturated heterocycles. The normalized spacial score (nSPS) is 12.4. The smallest absolute Gasteiger partial charge is 0.302 e. The zero-order valence-electron chi connectivity index (χ0n) is 12.6. The Morgan fingerprint density at radius 1 is 1.21 bits per heavy atom. The average molecular weight is 260 g/mol. The summed E-state index contributed by atoms with van der Waals surface area (Å²) in [4.78, 5) is 10.8. The van der Waals surface area contributed by atoms with Gasteiger partial charge in [0.1, 0.15) is 6.61 Å². The number of hydrogen-bond donors (Lipinski definition) is 0. The second-order valence-corrected chi connectivity index (χ2v) is 5.81. The van der Waals surface area contributed by atoms with E-state index in [4.69, 9.17) is 4.74 Å². The van der Waals surface area contributed by atoms with Crippen molar-refractivity contribution >= 4 is 12.0 Å². The van der Waals surface area contributed by atoms with E-state index in [1.807, 2.05) is 0 Å². The fraction of sp³-hybridized carbons (Fsp3) is 0.471. The molecular weight excluding hydrogens is 236 g/mol. The van der Waals surface area contributed by atoms with Gasteiger partial charge < -0.3 is 4.74 Å². The lowest BCUT2D eigenvalue weighted by Gasteiger charge is -2.18. The van der Waals surface area contributed by atoms with Gasteiger partial charge in [0.05, 0.1) is 0 Å². The summed E-state index contributed by atoms with van der Waals surface area (Å²) in [6.45, 7) is 10.5. The molecule has 0 radical (unpaired) electrons. The number of ether oxygens (including phenoxy) is 1. The van der Waals surface area contributed by atoms with E-state index in [1.165, 1.54) is 12.5 Å². The Labute approximate surface area is 116 Å². The van der Waals surface area contributed by atoms with Crippen LogP contribution in [0.2, 0.25) is 0 Å². The summed E-state index contributed by atoms with van der Waals surface area (Å²) in [5.74, 6) is -0.234. The third kappa shape index (κ3) is 5.29. The molecule has 0 aromatic heterocycles. The van der Waals surface area contributed by atoms with Crippen molar-refractivity contribution in [2.24, 2.45) is 0 Å². The Morgan fingerprint density at radius 3 is 2.21 bits per heavy atom. The van der Waals surface area contributed by atoms with Crippen molar-refractivity contribution in [1.82, 2.24) is 0 Å². The molecule has 1 rings (SSSR count). The van der Waals surface area contributed by atoms with Crippen LogP contribution in [-0.4, -0.2) is 12.6 Å². The van der Waals surface area contributed by atoms with E-state index in [0.717, 1.165) is 17.6 Å². The highest BCUT2D eigenvalue weighted by molar-refractivity contribution is 5.66. The molecule has 0 spiro atoms. The molecule has 0 amide bonds. The van der Waals surface area contributed by atoms with E-state index >= 15 is 0 Å². The molecule has 0 unspecified atom stereocenters. The Morgan fingerprint density at radius 2 is 1.79 bits per heavy atom. The van der Waals surface area contributed by atoms with Crippen LogP contribution in [0.15, 0.2) is 29.8 Å². The maximum atomic E-state index is 10.8. The summed E-state index contributed by atoms with van der Waals surface area (Å²) in [7, 11) is 0. The van der Waals surface area contributed by atoms with Gasteiger partial charge in [-0.05, 0) is 28.5 Å². The van der Waals surface area contributed by atoms with Crippen LogP contribution in [0, 0.1) is 0 Å². The van der Waals surface area contributed by atoms with Crippen LogP contribution >= 0.6 is 0 Å². The summed E-state index contributed by atoms with van der Waals surface area (Å²) >= 11 is 0. The van der Waals surface area contributed by atoms with E-state index in [-0.39, 0.29) is 11.4 Å². The highest BCUT2D eigenvalue weighted by atomic mass is 16.5. The van der Waals surface area contributed by atoms with Gasteiger partial charge in [0, 0.05) is 6.92 Å². The van der Waals surface area contributed by atoms with Crippen molar-refractivity contribution in [3.63, 3.8) is 0 Å². The number of esters is 1. The SMILES string of the molecule is CC/C(=C\c1ccc(C(C)(C)C)cc1)COC(C)=O. The van der Waals surface area contributed by atoms with Gasteiger partial charge in [-0.3, -0.25) is 4.79 Å². The number of carbonyl (C=O) groups excluding carboxylic acids is 1. The van der Waals surface area contributed by atoms with Gasteiger partial charge in [-0.1, -0.05) is 58.0 Å². The molecule has 0 bridgehead atoms. The molecule has 2 nitrogen and oxygen atoms in total. The van der Waals surface area contributed by atoms with Gasteiger partial charge in [-0.25, -0.2) is 0 Å². The second kappa shape index (κ2) is 6.55. The first-order valence-electron chi connectivity index (χ1n) is 6.76. The molecule has 0 atom stereocenters. The van der Waals surface area contributed by atoms with E-state index in [2.05, 4.69) is 58.0 Å². The first-order chi connectivity index (χ1) is 8.82. The monoisotopic (exact) mass is 260 g/mol. The Kier molecular flexibility index (Phi) is 5.34. The lowest BCUT2D eigenvalue weighted by atomic mass is 9.86. The predicted molar refractivity (Wildman–Crippen MR) is 80.0 cm³/mol. The lowest BCUT2D eigenvalue weighted by Crippen LogP contribution is -2.10. The summed E-state index contributed by atoms with van der Waals surface area (Å²) in [5.41, 5.74) is 3.77. The van der Waals surface area contributed by atoms with Crippen molar-refractivity contribution in [2.45, 2.75) is 46.5 Å². The van der Waals surface area contributed by atoms with Crippen LogP contribution in [0.1, 0.15) is 52.2 Å². The van der Waals surface area contributed by atoms with Gasteiger partial charge in [0.15, 0.2) is 0 Å². The number of hydrogen-bond acceptors (Lipinski definition) is 2. The molecular formula is C17H24O2. The standard InChI is InChI=1S/C17H24O2/c1-6-14(12-19-13(2)18)11-15-7-9-16(10-8-15)17(3,4)5/h7-11H,6,12H2,1-5H3/b14-11+. The molecule has 1 aromatic rings. The van der Waals surface area contributed by atoms with Gasteiger partial charge in [0.2, 0.25) is 0 Å². The average Bonchev–Trinajstić information content (AvgIpc) is 2.33. The van der Waals surface area contributed by atoms with Crippen molar-refractivity contribution < 1.29 is 9.53 Å². The van der Waals surface area contributed by atoms with Crippen LogP contribution in [0.5, 0.6) is 0 Å². The molecule has 0 N–H and O–H groups in total. The van der Waals surface area contributed by atoms with Gasteiger partial charge in [-0.15, -0.1) is 0 Å². The second-order valence-electron chi connectivity index (χ2n) is 5.81. The van der Waals surface area contributed by atoms with E-state index in [0.29, 0.717) is 6.61 Å². The zero-order chi connectivity index (χ0) is 14.5. The minimum Gasteiger partial charge on any atom is -0.461 e. The van der Waals surface area contributed by atoms with Crippen LogP contribution in [0.25, 0.3) is 6.08 Å². The highest BCUT2D eigenvalue weighted by Crippen LogP contribution is 2.23. The molecule has 2 heteroatoms. The number of benzene rings is 1. The van der Waals surface area contributed by atoms with Crippen molar-refractivity contribution in [2.75, 3.05) is 6.61 Å². The quantitative estimate of drug-likeness (QED) is 0.753. The molecule has 1 aromatic carbocycles. The molecule has 0 aliphatic carbocycles.